The number of ether oxygens (including phenoxy) is 2. The van der Waals surface area contributed by atoms with Crippen molar-refractivity contribution in [2.24, 2.45) is 0 Å². The molecule has 0 saturated heterocycles. The average molecular weight is 126 g/mol. The van der Waals surface area contributed by atoms with Gasteiger partial charge in [0, 0.05) is 0 Å². The van der Waals surface area contributed by atoms with Crippen molar-refractivity contribution in [2.75, 3.05) is 20.1 Å². The van der Waals surface area contributed by atoms with Gasteiger partial charge < -0.3 is 4.74 Å². The summed E-state index contributed by atoms with van der Waals surface area (Å²) in [6.07, 6.45) is 0. The Morgan fingerprint density at radius 1 is 1.56 bits per heavy atom. The first-order valence-electron chi connectivity index (χ1n) is 2.27. The van der Waals surface area contributed by atoms with Crippen molar-refractivity contribution in [3.8, 4) is 6.07 Å². The van der Waals surface area contributed by atoms with Gasteiger partial charge in [0.2, 0.25) is 0 Å². The molecular formula is C5H6N2O2. The Morgan fingerprint density at radius 2 is 2.33 bits per heavy atom. The Hall–Kier alpha value is -1.10. The number of nitriles is 1. The van der Waals surface area contributed by atoms with E-state index in [2.05, 4.69) is 14.3 Å². The van der Waals surface area contributed by atoms with Crippen LogP contribution < -0.4 is 0 Å². The molecule has 0 rings (SSSR count). The minimum atomic E-state index is -0.00850. The van der Waals surface area contributed by atoms with E-state index in [0.717, 1.165) is 0 Å². The minimum Gasteiger partial charge on any atom is -0.340 e. The van der Waals surface area contributed by atoms with Crippen molar-refractivity contribution < 1.29 is 9.47 Å². The zero-order valence-electron chi connectivity index (χ0n) is 4.83. The second-order valence-electron chi connectivity index (χ2n) is 1.12. The summed E-state index contributed by atoms with van der Waals surface area (Å²) in [6.45, 7) is 6.29. The second kappa shape index (κ2) is 6.90. The SMILES string of the molecule is [C-]#[N+]COCOCC#N. The van der Waals surface area contributed by atoms with Crippen LogP contribution in [0.3, 0.4) is 0 Å². The lowest BCUT2D eigenvalue weighted by atomic mass is 10.8. The van der Waals surface area contributed by atoms with Crippen LogP contribution in [0.1, 0.15) is 0 Å². The van der Waals surface area contributed by atoms with Crippen LogP contribution >= 0.6 is 0 Å². The zero-order chi connectivity index (χ0) is 6.95. The predicted molar refractivity (Wildman–Crippen MR) is 29.0 cm³/mol. The molecule has 0 aliphatic heterocycles. The number of hydrogen-bond acceptors (Lipinski definition) is 3. The van der Waals surface area contributed by atoms with Crippen LogP contribution in [0.5, 0.6) is 0 Å². The molecule has 0 amide bonds. The zero-order valence-corrected chi connectivity index (χ0v) is 4.83. The van der Waals surface area contributed by atoms with Gasteiger partial charge in [-0.1, -0.05) is 0 Å². The van der Waals surface area contributed by atoms with Crippen LogP contribution in [0, 0.1) is 17.9 Å². The van der Waals surface area contributed by atoms with Gasteiger partial charge in [0.05, 0.1) is 6.07 Å². The van der Waals surface area contributed by atoms with Gasteiger partial charge in [-0.15, -0.1) is 0 Å². The van der Waals surface area contributed by atoms with Gasteiger partial charge in [-0.2, -0.15) is 5.26 Å². The van der Waals surface area contributed by atoms with Crippen molar-refractivity contribution in [3.05, 3.63) is 11.4 Å². The number of nitrogens with zero attached hydrogens (tertiary/aromatic N) is 2. The molecule has 0 saturated carbocycles. The summed E-state index contributed by atoms with van der Waals surface area (Å²) in [5, 5.41) is 7.93. The maximum Gasteiger partial charge on any atom is 0.320 e. The molecule has 0 unspecified atom stereocenters. The fraction of sp³-hybridized carbons (Fsp3) is 0.600. The topological polar surface area (TPSA) is 46.6 Å². The standard InChI is InChI=1S/C5H6N2O2/c1-7-4-9-5-8-3-2-6/h3-5H2. The molecule has 0 N–H and O–H groups in total. The quantitative estimate of drug-likeness (QED) is 0.310. The first-order valence-corrected chi connectivity index (χ1v) is 2.27. The fourth-order valence-corrected chi connectivity index (χ4v) is 0.229. The van der Waals surface area contributed by atoms with Crippen molar-refractivity contribution in [1.29, 1.82) is 5.26 Å². The monoisotopic (exact) mass is 126 g/mol. The molecular weight excluding hydrogens is 120 g/mol. The summed E-state index contributed by atoms with van der Waals surface area (Å²) in [7, 11) is 0. The summed E-state index contributed by atoms with van der Waals surface area (Å²) < 4.78 is 9.12. The minimum absolute atomic E-state index is 0.00850. The van der Waals surface area contributed by atoms with Crippen LogP contribution in [0.4, 0.5) is 0 Å². The Bertz CT molecular complexity index is 117. The average Bonchev–Trinajstić information content (AvgIpc) is 1.89. The van der Waals surface area contributed by atoms with Crippen LogP contribution in [-0.4, -0.2) is 20.1 Å². The summed E-state index contributed by atoms with van der Waals surface area (Å²) >= 11 is 0. The van der Waals surface area contributed by atoms with Crippen LogP contribution in [0.25, 0.3) is 4.85 Å². The van der Waals surface area contributed by atoms with Gasteiger partial charge in [-0.3, -0.25) is 9.58 Å². The lowest BCUT2D eigenvalue weighted by Crippen LogP contribution is -1.98. The molecule has 0 aromatic carbocycles. The molecule has 9 heavy (non-hydrogen) atoms. The van der Waals surface area contributed by atoms with Crippen LogP contribution in [0.15, 0.2) is 0 Å². The Morgan fingerprint density at radius 3 is 2.89 bits per heavy atom. The molecule has 0 aliphatic carbocycles. The van der Waals surface area contributed by atoms with Gasteiger partial charge in [0.15, 0.2) is 6.79 Å². The van der Waals surface area contributed by atoms with Gasteiger partial charge in [0.1, 0.15) is 6.61 Å². The summed E-state index contributed by atoms with van der Waals surface area (Å²) in [5.41, 5.74) is 0. The molecule has 0 spiro atoms. The first-order chi connectivity index (χ1) is 4.41. The molecule has 4 nitrogen and oxygen atoms in total. The molecule has 48 valence electrons. The highest BCUT2D eigenvalue weighted by molar-refractivity contribution is 4.65. The van der Waals surface area contributed by atoms with E-state index in [9.17, 15) is 0 Å². The highest BCUT2D eigenvalue weighted by atomic mass is 16.7. The highest BCUT2D eigenvalue weighted by Crippen LogP contribution is 1.76. The molecule has 0 aliphatic rings. The van der Waals surface area contributed by atoms with Gasteiger partial charge in [-0.25, -0.2) is 6.57 Å². The molecule has 0 atom stereocenters. The molecule has 0 aromatic heterocycles. The molecule has 0 radical (unpaired) electrons. The third kappa shape index (κ3) is 6.90. The molecule has 0 heterocycles. The Balaban J connectivity index is 2.79. The summed E-state index contributed by atoms with van der Waals surface area (Å²) in [5.74, 6) is 0. The smallest absolute Gasteiger partial charge is 0.320 e. The predicted octanol–water partition coefficient (Wildman–Crippen LogP) is 0.377. The van der Waals surface area contributed by atoms with Crippen LogP contribution in [0.2, 0.25) is 0 Å². The van der Waals surface area contributed by atoms with Crippen molar-refractivity contribution in [1.82, 2.24) is 0 Å². The maximum atomic E-state index is 7.93. The molecule has 0 bridgehead atoms. The number of rotatable bonds is 4. The summed E-state index contributed by atoms with van der Waals surface area (Å²) in [6, 6.07) is 1.76. The Kier molecular flexibility index (Phi) is 6.06. The first kappa shape index (κ1) is 7.90. The van der Waals surface area contributed by atoms with E-state index in [1.807, 2.05) is 0 Å². The third-order valence-electron chi connectivity index (χ3n) is 0.489. The van der Waals surface area contributed by atoms with Crippen molar-refractivity contribution in [3.63, 3.8) is 0 Å². The van der Waals surface area contributed by atoms with Crippen molar-refractivity contribution in [2.45, 2.75) is 0 Å². The van der Waals surface area contributed by atoms with E-state index >= 15 is 0 Å². The van der Waals surface area contributed by atoms with E-state index in [1.54, 1.807) is 6.07 Å². The highest BCUT2D eigenvalue weighted by Gasteiger charge is 1.84. The normalized spacial score (nSPS) is 7.78. The maximum absolute atomic E-state index is 7.93. The fourth-order valence-electron chi connectivity index (χ4n) is 0.229. The lowest BCUT2D eigenvalue weighted by molar-refractivity contribution is -0.0322. The molecule has 0 fully saturated rings. The van der Waals surface area contributed by atoms with E-state index in [-0.39, 0.29) is 20.1 Å². The largest absolute Gasteiger partial charge is 0.340 e. The van der Waals surface area contributed by atoms with E-state index in [1.165, 1.54) is 0 Å². The third-order valence-corrected chi connectivity index (χ3v) is 0.489. The van der Waals surface area contributed by atoms with Gasteiger partial charge in [-0.05, 0) is 0 Å². The Labute approximate surface area is 53.4 Å². The van der Waals surface area contributed by atoms with Gasteiger partial charge in [0.25, 0.3) is 0 Å². The second-order valence-corrected chi connectivity index (χ2v) is 1.12. The van der Waals surface area contributed by atoms with E-state index < -0.39 is 0 Å². The van der Waals surface area contributed by atoms with E-state index in [0.29, 0.717) is 0 Å². The number of hydrogen-bond donors (Lipinski definition) is 0. The summed E-state index contributed by atoms with van der Waals surface area (Å²) in [4.78, 5) is 2.90. The molecule has 0 aromatic rings. The molecule has 4 heteroatoms. The lowest BCUT2D eigenvalue weighted by Gasteiger charge is -1.93. The van der Waals surface area contributed by atoms with E-state index in [4.69, 9.17) is 11.8 Å². The van der Waals surface area contributed by atoms with Gasteiger partial charge >= 0.3 is 6.73 Å². The van der Waals surface area contributed by atoms with Crippen molar-refractivity contribution >= 4 is 0 Å². The van der Waals surface area contributed by atoms with Crippen LogP contribution in [-0.2, 0) is 9.47 Å².